The number of amides is 2. The molecule has 0 radical (unpaired) electrons. The number of aromatic nitrogens is 1. The van der Waals surface area contributed by atoms with E-state index in [4.69, 9.17) is 0 Å². The Morgan fingerprint density at radius 1 is 1.13 bits per heavy atom. The first-order valence-electron chi connectivity index (χ1n) is 10.1. The van der Waals surface area contributed by atoms with Crippen LogP contribution in [-0.2, 0) is 4.74 Å². The number of nitrogens with one attached hydrogen (secondary N) is 1. The molecule has 2 aromatic rings. The standard InChI is InChI=1S/C21H24F3N3O3/c1-14(21(22,23)24)30-19(29)26-11-8-20(9-12-26)7-4-10-27(20)18(28)17-13-15-5-2-3-6-16(15)25-17/h2-3,5-6,13-14,25H,4,7-12H2,1H3. The predicted molar refractivity (Wildman–Crippen MR) is 104 cm³/mol. The van der Waals surface area contributed by atoms with Crippen LogP contribution in [0, 0.1) is 0 Å². The summed E-state index contributed by atoms with van der Waals surface area (Å²) in [6, 6.07) is 9.51. The van der Waals surface area contributed by atoms with Crippen LogP contribution in [0.4, 0.5) is 18.0 Å². The quantitative estimate of drug-likeness (QED) is 0.782. The SMILES string of the molecule is CC(OC(=O)N1CCC2(CCCN2C(=O)c2cc3ccccc3[nH]2)CC1)C(F)(F)F. The van der Waals surface area contributed by atoms with E-state index in [0.29, 0.717) is 25.1 Å². The molecular formula is C21H24F3N3O3. The number of benzene rings is 1. The average molecular weight is 423 g/mol. The number of para-hydroxylation sites is 1. The molecule has 6 nitrogen and oxygen atoms in total. The fourth-order valence-electron chi connectivity index (χ4n) is 4.51. The molecule has 3 heterocycles. The van der Waals surface area contributed by atoms with Crippen LogP contribution >= 0.6 is 0 Å². The molecule has 2 fully saturated rings. The number of H-pyrrole nitrogens is 1. The van der Waals surface area contributed by atoms with E-state index in [0.717, 1.165) is 30.7 Å². The first kappa shape index (κ1) is 20.6. The van der Waals surface area contributed by atoms with Crippen molar-refractivity contribution in [1.82, 2.24) is 14.8 Å². The van der Waals surface area contributed by atoms with Gasteiger partial charge in [0.05, 0.1) is 0 Å². The van der Waals surface area contributed by atoms with Crippen molar-refractivity contribution in [3.8, 4) is 0 Å². The van der Waals surface area contributed by atoms with Gasteiger partial charge in [-0.2, -0.15) is 13.2 Å². The van der Waals surface area contributed by atoms with Gasteiger partial charge in [-0.25, -0.2) is 4.79 Å². The molecule has 2 saturated heterocycles. The summed E-state index contributed by atoms with van der Waals surface area (Å²) in [5.74, 6) is -0.0783. The van der Waals surface area contributed by atoms with Crippen molar-refractivity contribution in [2.75, 3.05) is 19.6 Å². The van der Waals surface area contributed by atoms with Crippen molar-refractivity contribution in [3.63, 3.8) is 0 Å². The summed E-state index contributed by atoms with van der Waals surface area (Å²) in [6.07, 6.45) is -4.96. The Kier molecular flexibility index (Phi) is 5.15. The van der Waals surface area contributed by atoms with E-state index in [1.165, 1.54) is 4.90 Å². The van der Waals surface area contributed by atoms with E-state index in [1.54, 1.807) is 0 Å². The smallest absolute Gasteiger partial charge is 0.425 e. The average Bonchev–Trinajstić information content (AvgIpc) is 3.31. The number of alkyl halides is 3. The number of rotatable bonds is 2. The molecule has 0 saturated carbocycles. The molecule has 1 spiro atoms. The number of fused-ring (bicyclic) bond motifs is 1. The van der Waals surface area contributed by atoms with Crippen molar-refractivity contribution in [2.24, 2.45) is 0 Å². The van der Waals surface area contributed by atoms with Gasteiger partial charge in [0.1, 0.15) is 5.69 Å². The largest absolute Gasteiger partial charge is 0.437 e. The molecule has 0 aliphatic carbocycles. The Hall–Kier alpha value is -2.71. The van der Waals surface area contributed by atoms with Gasteiger partial charge in [-0.1, -0.05) is 18.2 Å². The highest BCUT2D eigenvalue weighted by atomic mass is 19.4. The van der Waals surface area contributed by atoms with Gasteiger partial charge >= 0.3 is 12.3 Å². The van der Waals surface area contributed by atoms with Crippen LogP contribution in [0.2, 0.25) is 0 Å². The van der Waals surface area contributed by atoms with Crippen molar-refractivity contribution >= 4 is 22.9 Å². The first-order valence-corrected chi connectivity index (χ1v) is 10.1. The van der Waals surface area contributed by atoms with E-state index in [2.05, 4.69) is 9.72 Å². The summed E-state index contributed by atoms with van der Waals surface area (Å²) in [5.41, 5.74) is 1.05. The van der Waals surface area contributed by atoms with Crippen molar-refractivity contribution in [2.45, 2.75) is 50.4 Å². The zero-order chi connectivity index (χ0) is 21.5. The van der Waals surface area contributed by atoms with E-state index in [1.807, 2.05) is 35.2 Å². The zero-order valence-electron chi connectivity index (χ0n) is 16.7. The van der Waals surface area contributed by atoms with E-state index in [9.17, 15) is 22.8 Å². The highest BCUT2D eigenvalue weighted by molar-refractivity contribution is 5.98. The molecule has 1 atom stereocenters. The molecule has 1 aromatic carbocycles. The lowest BCUT2D eigenvalue weighted by Crippen LogP contribution is -2.55. The zero-order valence-corrected chi connectivity index (χ0v) is 16.7. The van der Waals surface area contributed by atoms with Gasteiger partial charge in [0.25, 0.3) is 5.91 Å². The van der Waals surface area contributed by atoms with Gasteiger partial charge in [-0.15, -0.1) is 0 Å². The van der Waals surface area contributed by atoms with Gasteiger partial charge < -0.3 is 19.5 Å². The van der Waals surface area contributed by atoms with Crippen LogP contribution < -0.4 is 0 Å². The minimum atomic E-state index is -4.58. The van der Waals surface area contributed by atoms with Crippen LogP contribution in [0.5, 0.6) is 0 Å². The minimum Gasteiger partial charge on any atom is -0.437 e. The van der Waals surface area contributed by atoms with Gasteiger partial charge in [-0.3, -0.25) is 4.79 Å². The van der Waals surface area contributed by atoms with Gasteiger partial charge in [0.15, 0.2) is 6.10 Å². The second kappa shape index (κ2) is 7.52. The monoisotopic (exact) mass is 423 g/mol. The summed E-state index contributed by atoms with van der Waals surface area (Å²) < 4.78 is 42.5. The molecule has 30 heavy (non-hydrogen) atoms. The van der Waals surface area contributed by atoms with Crippen LogP contribution in [-0.4, -0.2) is 64.2 Å². The Bertz CT molecular complexity index is 915. The second-order valence-electron chi connectivity index (χ2n) is 8.11. The number of carbonyl (C=O) groups excluding carboxylic acids is 2. The summed E-state index contributed by atoms with van der Waals surface area (Å²) >= 11 is 0. The molecule has 0 bridgehead atoms. The van der Waals surface area contributed by atoms with E-state index in [-0.39, 0.29) is 24.5 Å². The van der Waals surface area contributed by atoms with E-state index >= 15 is 0 Å². The van der Waals surface area contributed by atoms with Gasteiger partial charge in [-0.05, 0) is 44.7 Å². The fraction of sp³-hybridized carbons (Fsp3) is 0.524. The summed E-state index contributed by atoms with van der Waals surface area (Å²) in [4.78, 5) is 31.7. The van der Waals surface area contributed by atoms with E-state index < -0.39 is 18.4 Å². The highest BCUT2D eigenvalue weighted by Gasteiger charge is 2.47. The topological polar surface area (TPSA) is 65.6 Å². The lowest BCUT2D eigenvalue weighted by atomic mass is 9.85. The number of carbonyl (C=O) groups is 2. The number of likely N-dealkylation sites (tertiary alicyclic amines) is 2. The Balaban J connectivity index is 1.43. The Morgan fingerprint density at radius 2 is 1.83 bits per heavy atom. The molecule has 4 rings (SSSR count). The van der Waals surface area contributed by atoms with Crippen molar-refractivity contribution in [1.29, 1.82) is 0 Å². The summed E-state index contributed by atoms with van der Waals surface area (Å²) in [7, 11) is 0. The molecule has 1 N–H and O–H groups in total. The van der Waals surface area contributed by atoms with Crippen LogP contribution in [0.3, 0.4) is 0 Å². The molecule has 162 valence electrons. The molecule has 2 aliphatic rings. The maximum absolute atomic E-state index is 13.2. The number of hydrogen-bond donors (Lipinski definition) is 1. The third-order valence-corrected chi connectivity index (χ3v) is 6.29. The van der Waals surface area contributed by atoms with Crippen LogP contribution in [0.25, 0.3) is 10.9 Å². The normalized spacial score (nSPS) is 20.0. The Labute approximate surface area is 172 Å². The number of aromatic amines is 1. The number of nitrogens with zero attached hydrogens (tertiary/aromatic N) is 2. The molecule has 2 aliphatic heterocycles. The Morgan fingerprint density at radius 3 is 2.50 bits per heavy atom. The van der Waals surface area contributed by atoms with Crippen molar-refractivity contribution < 1.29 is 27.5 Å². The first-order chi connectivity index (χ1) is 14.2. The lowest BCUT2D eigenvalue weighted by Gasteiger charge is -2.44. The van der Waals surface area contributed by atoms with Gasteiger partial charge in [0.2, 0.25) is 0 Å². The molecular weight excluding hydrogens is 399 g/mol. The number of hydrogen-bond acceptors (Lipinski definition) is 3. The number of ether oxygens (including phenoxy) is 1. The predicted octanol–water partition coefficient (Wildman–Crippen LogP) is 4.33. The number of halogens is 3. The highest BCUT2D eigenvalue weighted by Crippen LogP contribution is 2.39. The molecule has 1 unspecified atom stereocenters. The molecule has 2 amide bonds. The maximum atomic E-state index is 13.2. The summed E-state index contributed by atoms with van der Waals surface area (Å²) in [6.45, 7) is 1.98. The second-order valence-corrected chi connectivity index (χ2v) is 8.11. The fourth-order valence-corrected chi connectivity index (χ4v) is 4.51. The number of piperidine rings is 1. The van der Waals surface area contributed by atoms with Crippen LogP contribution in [0.1, 0.15) is 43.1 Å². The lowest BCUT2D eigenvalue weighted by molar-refractivity contribution is -0.200. The molecule has 1 aromatic heterocycles. The third kappa shape index (κ3) is 3.73. The third-order valence-electron chi connectivity index (χ3n) is 6.29. The maximum Gasteiger partial charge on any atom is 0.425 e. The molecule has 9 heteroatoms. The van der Waals surface area contributed by atoms with Crippen molar-refractivity contribution in [3.05, 3.63) is 36.0 Å². The summed E-state index contributed by atoms with van der Waals surface area (Å²) in [5, 5.41) is 0.963. The minimum absolute atomic E-state index is 0.0783. The van der Waals surface area contributed by atoms with Crippen LogP contribution in [0.15, 0.2) is 30.3 Å². The van der Waals surface area contributed by atoms with Gasteiger partial charge in [0, 0.05) is 36.1 Å².